The number of hydrogen-bond acceptors (Lipinski definition) is 3. The number of Topliss-reactive ketones (excluding diaryl/α,β-unsaturated/α-hetero) is 1. The number of carbonyl (C=O) groups excluding carboxylic acids is 1. The van der Waals surface area contributed by atoms with Gasteiger partial charge in [0.05, 0.1) is 5.57 Å². The number of ketones is 1. The van der Waals surface area contributed by atoms with Crippen molar-refractivity contribution < 1.29 is 9.90 Å². The zero-order chi connectivity index (χ0) is 19.5. The van der Waals surface area contributed by atoms with E-state index in [0.717, 1.165) is 21.9 Å². The van der Waals surface area contributed by atoms with Gasteiger partial charge in [0.25, 0.3) is 0 Å². The Morgan fingerprint density at radius 1 is 0.964 bits per heavy atom. The topological polar surface area (TPSA) is 49.7 Å². The molecule has 3 aromatic carbocycles. The molecule has 28 heavy (non-hydrogen) atoms. The Morgan fingerprint density at radius 2 is 1.68 bits per heavy atom. The lowest BCUT2D eigenvalue weighted by atomic mass is 9.78. The summed E-state index contributed by atoms with van der Waals surface area (Å²) >= 11 is 0. The number of nitrogens with zero attached hydrogens (tertiary/aromatic N) is 1. The van der Waals surface area contributed by atoms with Gasteiger partial charge < -0.3 is 5.11 Å². The van der Waals surface area contributed by atoms with Crippen LogP contribution in [0.4, 0.5) is 0 Å². The van der Waals surface area contributed by atoms with Crippen LogP contribution < -0.4 is 0 Å². The van der Waals surface area contributed by atoms with Crippen molar-refractivity contribution >= 4 is 22.3 Å². The van der Waals surface area contributed by atoms with Crippen molar-refractivity contribution in [1.29, 1.82) is 0 Å². The van der Waals surface area contributed by atoms with Gasteiger partial charge in [-0.05, 0) is 34.2 Å². The van der Waals surface area contributed by atoms with E-state index in [1.165, 1.54) is 0 Å². The summed E-state index contributed by atoms with van der Waals surface area (Å²) in [4.78, 5) is 17.3. The highest BCUT2D eigenvalue weighted by molar-refractivity contribution is 6.24. The highest BCUT2D eigenvalue weighted by atomic mass is 16.3. The van der Waals surface area contributed by atoms with Crippen molar-refractivity contribution in [3.63, 3.8) is 0 Å². The van der Waals surface area contributed by atoms with Gasteiger partial charge in [0, 0.05) is 25.6 Å². The molecule has 140 valence electrons. The molecule has 0 spiro atoms. The van der Waals surface area contributed by atoms with Crippen LogP contribution in [0.25, 0.3) is 10.8 Å². The molecule has 1 fully saturated rings. The number of aliphatic hydroxyl groups is 1. The van der Waals surface area contributed by atoms with Crippen LogP contribution >= 0.6 is 0 Å². The second-order valence-corrected chi connectivity index (χ2v) is 7.25. The molecule has 0 radical (unpaired) electrons. The van der Waals surface area contributed by atoms with E-state index in [0.29, 0.717) is 30.5 Å². The van der Waals surface area contributed by atoms with Gasteiger partial charge in [-0.15, -0.1) is 0 Å². The van der Waals surface area contributed by atoms with Crippen LogP contribution in [0.2, 0.25) is 0 Å². The average Bonchev–Trinajstić information content (AvgIpc) is 2.74. The summed E-state index contributed by atoms with van der Waals surface area (Å²) < 4.78 is 0. The first-order valence-electron chi connectivity index (χ1n) is 9.60. The molecular formula is C25H23NO2. The lowest BCUT2D eigenvalue weighted by Crippen LogP contribution is -2.27. The lowest BCUT2D eigenvalue weighted by Gasteiger charge is -2.25. The van der Waals surface area contributed by atoms with E-state index in [4.69, 9.17) is 0 Å². The SMILES string of the molecule is CN=C1CC(c2ccccc2)CC(=O)/C1=C(/O)Cc1cccc2ccccc12. The van der Waals surface area contributed by atoms with Crippen LogP contribution in [0.1, 0.15) is 29.9 Å². The predicted octanol–water partition coefficient (Wildman–Crippen LogP) is 5.41. The third-order valence-electron chi connectivity index (χ3n) is 5.51. The molecule has 4 rings (SSSR count). The standard InChI is InChI=1S/C25H23NO2/c1-26-22-14-20(17-8-3-2-4-9-17)16-24(28)25(22)23(27)15-19-12-7-11-18-10-5-6-13-21(18)19/h2-13,20,27H,14-16H2,1H3/b25-23+,26-22?. The number of allylic oxidation sites excluding steroid dienone is 2. The van der Waals surface area contributed by atoms with Gasteiger partial charge in [-0.2, -0.15) is 0 Å². The molecule has 0 aromatic heterocycles. The number of fused-ring (bicyclic) bond motifs is 1. The summed E-state index contributed by atoms with van der Waals surface area (Å²) in [6, 6.07) is 24.2. The summed E-state index contributed by atoms with van der Waals surface area (Å²) in [6.45, 7) is 0. The number of aliphatic hydroxyl groups excluding tert-OH is 1. The first kappa shape index (κ1) is 18.2. The molecule has 3 heteroatoms. The number of hydrogen-bond donors (Lipinski definition) is 1. The molecule has 3 aromatic rings. The number of rotatable bonds is 3. The molecule has 0 amide bonds. The normalized spacial score (nSPS) is 20.5. The number of carbonyl (C=O) groups is 1. The van der Waals surface area contributed by atoms with E-state index in [1.54, 1.807) is 7.05 Å². The molecule has 1 atom stereocenters. The fourth-order valence-electron chi connectivity index (χ4n) is 4.10. The van der Waals surface area contributed by atoms with Gasteiger partial charge in [0.1, 0.15) is 5.76 Å². The monoisotopic (exact) mass is 369 g/mol. The summed E-state index contributed by atoms with van der Waals surface area (Å²) in [7, 11) is 1.70. The third kappa shape index (κ3) is 3.48. The molecule has 1 saturated carbocycles. The Kier molecular flexibility index (Phi) is 5.07. The van der Waals surface area contributed by atoms with Crippen LogP contribution in [-0.4, -0.2) is 23.6 Å². The van der Waals surface area contributed by atoms with Crippen molar-refractivity contribution in [2.24, 2.45) is 4.99 Å². The maximum Gasteiger partial charge on any atom is 0.168 e. The van der Waals surface area contributed by atoms with Crippen LogP contribution in [0, 0.1) is 0 Å². The molecule has 1 aliphatic rings. The van der Waals surface area contributed by atoms with Crippen molar-refractivity contribution in [3.8, 4) is 0 Å². The Bertz CT molecular complexity index is 1070. The van der Waals surface area contributed by atoms with Crippen LogP contribution in [0.5, 0.6) is 0 Å². The summed E-state index contributed by atoms with van der Waals surface area (Å²) in [5, 5.41) is 13.1. The van der Waals surface area contributed by atoms with Gasteiger partial charge in [0.2, 0.25) is 0 Å². The summed E-state index contributed by atoms with van der Waals surface area (Å²) in [6.07, 6.45) is 1.40. The fourth-order valence-corrected chi connectivity index (χ4v) is 4.10. The Hall–Kier alpha value is -3.20. The molecule has 1 aliphatic carbocycles. The molecule has 1 N–H and O–H groups in total. The van der Waals surface area contributed by atoms with Gasteiger partial charge >= 0.3 is 0 Å². The van der Waals surface area contributed by atoms with Crippen molar-refractivity contribution in [2.75, 3.05) is 7.05 Å². The van der Waals surface area contributed by atoms with Gasteiger partial charge in [0.15, 0.2) is 5.78 Å². The predicted molar refractivity (Wildman–Crippen MR) is 114 cm³/mol. The summed E-state index contributed by atoms with van der Waals surface area (Å²) in [5.41, 5.74) is 3.26. The second-order valence-electron chi connectivity index (χ2n) is 7.25. The maximum atomic E-state index is 12.9. The average molecular weight is 369 g/mol. The first-order valence-corrected chi connectivity index (χ1v) is 9.60. The Balaban J connectivity index is 1.67. The van der Waals surface area contributed by atoms with Crippen molar-refractivity contribution in [3.05, 3.63) is 95.3 Å². The minimum Gasteiger partial charge on any atom is -0.511 e. The molecule has 0 heterocycles. The Labute approximate surface area is 165 Å². The van der Waals surface area contributed by atoms with E-state index in [-0.39, 0.29) is 17.5 Å². The first-order chi connectivity index (χ1) is 13.7. The van der Waals surface area contributed by atoms with Gasteiger partial charge in [-0.25, -0.2) is 0 Å². The van der Waals surface area contributed by atoms with Gasteiger partial charge in [-0.1, -0.05) is 72.8 Å². The fraction of sp³-hybridized carbons (Fsp3) is 0.200. The number of benzene rings is 3. The molecular weight excluding hydrogens is 346 g/mol. The van der Waals surface area contributed by atoms with E-state index >= 15 is 0 Å². The van der Waals surface area contributed by atoms with Crippen molar-refractivity contribution in [1.82, 2.24) is 0 Å². The van der Waals surface area contributed by atoms with E-state index in [9.17, 15) is 9.90 Å². The minimum absolute atomic E-state index is 0.0292. The van der Waals surface area contributed by atoms with E-state index in [1.807, 2.05) is 48.5 Å². The molecule has 0 bridgehead atoms. The minimum atomic E-state index is -0.0292. The highest BCUT2D eigenvalue weighted by Gasteiger charge is 2.32. The second kappa shape index (κ2) is 7.81. The highest BCUT2D eigenvalue weighted by Crippen LogP contribution is 2.34. The lowest BCUT2D eigenvalue weighted by molar-refractivity contribution is -0.115. The van der Waals surface area contributed by atoms with Crippen LogP contribution in [-0.2, 0) is 11.2 Å². The smallest absolute Gasteiger partial charge is 0.168 e. The van der Waals surface area contributed by atoms with Crippen LogP contribution in [0.3, 0.4) is 0 Å². The number of aliphatic imine (C=N–C) groups is 1. The maximum absolute atomic E-state index is 12.9. The van der Waals surface area contributed by atoms with Gasteiger partial charge in [-0.3, -0.25) is 9.79 Å². The zero-order valence-electron chi connectivity index (χ0n) is 15.9. The molecule has 0 saturated heterocycles. The Morgan fingerprint density at radius 3 is 2.46 bits per heavy atom. The van der Waals surface area contributed by atoms with Crippen LogP contribution in [0.15, 0.2) is 89.1 Å². The summed E-state index contributed by atoms with van der Waals surface area (Å²) in [5.74, 6) is 0.202. The largest absolute Gasteiger partial charge is 0.511 e. The van der Waals surface area contributed by atoms with E-state index in [2.05, 4.69) is 29.3 Å². The molecule has 0 aliphatic heterocycles. The molecule has 3 nitrogen and oxygen atoms in total. The van der Waals surface area contributed by atoms with Crippen molar-refractivity contribution in [2.45, 2.75) is 25.2 Å². The third-order valence-corrected chi connectivity index (χ3v) is 5.51. The quantitative estimate of drug-likeness (QED) is 0.495. The zero-order valence-corrected chi connectivity index (χ0v) is 15.9. The van der Waals surface area contributed by atoms with E-state index < -0.39 is 0 Å². The molecule has 1 unspecified atom stereocenters.